The molecule has 0 saturated carbocycles. The van der Waals surface area contributed by atoms with Crippen LogP contribution >= 0.6 is 7.92 Å². The first-order valence-electron chi connectivity index (χ1n) is 15.9. The first-order valence-corrected chi connectivity index (χ1v) is 17.4. The van der Waals surface area contributed by atoms with E-state index >= 15 is 0 Å². The Bertz CT molecular complexity index is 748. The lowest BCUT2D eigenvalue weighted by molar-refractivity contribution is 0.133. The molecule has 0 radical (unpaired) electrons. The highest BCUT2D eigenvalue weighted by Crippen LogP contribution is 2.34. The van der Waals surface area contributed by atoms with Gasteiger partial charge >= 0.3 is 0 Å². The van der Waals surface area contributed by atoms with Crippen LogP contribution in [0.15, 0.2) is 72.8 Å². The van der Waals surface area contributed by atoms with Gasteiger partial charge in [-0.15, -0.1) is 0 Å². The number of ether oxygens (including phenoxy) is 1. The Labute approximate surface area is 237 Å². The van der Waals surface area contributed by atoms with E-state index in [-0.39, 0.29) is 14.0 Å². The molecule has 38 heavy (non-hydrogen) atoms. The molecule has 2 aromatic rings. The number of allylic oxidation sites excluding steroid dienone is 1. The molecule has 1 unspecified atom stereocenters. The summed E-state index contributed by atoms with van der Waals surface area (Å²) in [5.74, 6) is 0. The molecule has 0 aliphatic carbocycles. The Kier molecular flexibility index (Phi) is 20.2. The highest BCUT2D eigenvalue weighted by Gasteiger charge is 2.14. The van der Waals surface area contributed by atoms with Crippen molar-refractivity contribution in [3.8, 4) is 0 Å². The van der Waals surface area contributed by atoms with E-state index in [1.54, 1.807) is 0 Å². The fourth-order valence-electron chi connectivity index (χ4n) is 5.25. The highest BCUT2D eigenvalue weighted by molar-refractivity contribution is 7.73. The fraction of sp³-hybridized carbons (Fsp3) is 0.611. The van der Waals surface area contributed by atoms with Crippen molar-refractivity contribution >= 4 is 18.5 Å². The van der Waals surface area contributed by atoms with Gasteiger partial charge in [0.15, 0.2) is 0 Å². The van der Waals surface area contributed by atoms with Crippen molar-refractivity contribution < 1.29 is 4.74 Å². The first-order chi connectivity index (χ1) is 18.8. The van der Waals surface area contributed by atoms with Gasteiger partial charge in [0.05, 0.1) is 6.10 Å². The molecule has 0 heterocycles. The van der Waals surface area contributed by atoms with Gasteiger partial charge in [0.2, 0.25) is 0 Å². The quantitative estimate of drug-likeness (QED) is 0.0736. The molecular formula is C36H57OP. The average molecular weight is 537 g/mol. The van der Waals surface area contributed by atoms with Crippen LogP contribution in [0.4, 0.5) is 0 Å². The molecule has 0 aliphatic heterocycles. The van der Waals surface area contributed by atoms with Crippen LogP contribution in [0, 0.1) is 0 Å². The summed E-state index contributed by atoms with van der Waals surface area (Å²) < 4.78 is 5.79. The summed E-state index contributed by atoms with van der Waals surface area (Å²) in [6.45, 7) is 2.30. The molecule has 0 spiro atoms. The van der Waals surface area contributed by atoms with Crippen LogP contribution in [-0.2, 0) is 4.74 Å². The summed E-state index contributed by atoms with van der Waals surface area (Å²) in [5.41, 5.74) is 0. The van der Waals surface area contributed by atoms with E-state index in [4.69, 9.17) is 4.74 Å². The van der Waals surface area contributed by atoms with Crippen molar-refractivity contribution in [3.63, 3.8) is 0 Å². The maximum absolute atomic E-state index is 5.79. The van der Waals surface area contributed by atoms with Gasteiger partial charge < -0.3 is 4.74 Å². The van der Waals surface area contributed by atoms with Crippen molar-refractivity contribution in [1.82, 2.24) is 0 Å². The highest BCUT2D eigenvalue weighted by atomic mass is 31.1. The Morgan fingerprint density at radius 3 is 1.50 bits per heavy atom. The molecule has 0 fully saturated rings. The van der Waals surface area contributed by atoms with E-state index in [2.05, 4.69) is 79.7 Å². The SMILES string of the molecule is CCCCCCCCCCCCCCCCC/C=C/C(CCCP(c1ccccc1)c1ccccc1)OC. The largest absolute Gasteiger partial charge is 0.377 e. The Morgan fingerprint density at radius 2 is 1.05 bits per heavy atom. The Hall–Kier alpha value is -1.43. The van der Waals surface area contributed by atoms with Crippen LogP contribution in [0.3, 0.4) is 0 Å². The normalized spacial score (nSPS) is 12.5. The fourth-order valence-corrected chi connectivity index (χ4v) is 7.63. The van der Waals surface area contributed by atoms with Gasteiger partial charge in [0, 0.05) is 7.11 Å². The predicted octanol–water partition coefficient (Wildman–Crippen LogP) is 10.7. The van der Waals surface area contributed by atoms with Gasteiger partial charge in [0.1, 0.15) is 0 Å². The van der Waals surface area contributed by atoms with Gasteiger partial charge in [-0.05, 0) is 50.4 Å². The van der Waals surface area contributed by atoms with Crippen molar-refractivity contribution in [2.75, 3.05) is 13.3 Å². The van der Waals surface area contributed by atoms with Gasteiger partial charge in [-0.2, -0.15) is 0 Å². The zero-order valence-corrected chi connectivity index (χ0v) is 25.7. The molecule has 0 amide bonds. The average Bonchev–Trinajstić information content (AvgIpc) is 2.96. The third kappa shape index (κ3) is 15.9. The lowest BCUT2D eigenvalue weighted by atomic mass is 10.0. The summed E-state index contributed by atoms with van der Waals surface area (Å²) in [6, 6.07) is 22.1. The van der Waals surface area contributed by atoms with E-state index in [1.165, 1.54) is 126 Å². The second-order valence-electron chi connectivity index (χ2n) is 10.9. The molecule has 0 aromatic heterocycles. The van der Waals surface area contributed by atoms with E-state index in [1.807, 2.05) is 7.11 Å². The third-order valence-electron chi connectivity index (χ3n) is 7.63. The van der Waals surface area contributed by atoms with Gasteiger partial charge in [-0.25, -0.2) is 0 Å². The third-order valence-corrected chi connectivity index (χ3v) is 10.2. The summed E-state index contributed by atoms with van der Waals surface area (Å²) in [5, 5.41) is 2.96. The Balaban J connectivity index is 1.49. The number of benzene rings is 2. The lowest BCUT2D eigenvalue weighted by Crippen LogP contribution is -2.15. The van der Waals surface area contributed by atoms with Crippen LogP contribution in [0.1, 0.15) is 122 Å². The van der Waals surface area contributed by atoms with Gasteiger partial charge in [-0.1, -0.05) is 170 Å². The molecule has 2 rings (SSSR count). The molecule has 212 valence electrons. The van der Waals surface area contributed by atoms with Crippen LogP contribution in [0.5, 0.6) is 0 Å². The second kappa shape index (κ2) is 23.5. The van der Waals surface area contributed by atoms with E-state index in [9.17, 15) is 0 Å². The molecule has 0 bridgehead atoms. The van der Waals surface area contributed by atoms with E-state index < -0.39 is 0 Å². The molecule has 2 aromatic carbocycles. The summed E-state index contributed by atoms with van der Waals surface area (Å²) in [6.07, 6.45) is 31.0. The Morgan fingerprint density at radius 1 is 0.605 bits per heavy atom. The molecule has 0 saturated heterocycles. The number of rotatable bonds is 24. The monoisotopic (exact) mass is 536 g/mol. The van der Waals surface area contributed by atoms with Crippen LogP contribution < -0.4 is 10.6 Å². The van der Waals surface area contributed by atoms with Gasteiger partial charge in [-0.3, -0.25) is 0 Å². The number of hydrogen-bond acceptors (Lipinski definition) is 1. The minimum Gasteiger partial charge on any atom is -0.377 e. The smallest absolute Gasteiger partial charge is 0.0752 e. The topological polar surface area (TPSA) is 9.23 Å². The minimum absolute atomic E-state index is 0.245. The zero-order chi connectivity index (χ0) is 26.9. The van der Waals surface area contributed by atoms with Crippen LogP contribution in [-0.4, -0.2) is 19.4 Å². The molecular weight excluding hydrogens is 479 g/mol. The second-order valence-corrected chi connectivity index (χ2v) is 13.2. The number of methoxy groups -OCH3 is 1. The maximum Gasteiger partial charge on any atom is 0.0752 e. The summed E-state index contributed by atoms with van der Waals surface area (Å²) in [7, 11) is 1.56. The summed E-state index contributed by atoms with van der Waals surface area (Å²) >= 11 is 0. The maximum atomic E-state index is 5.79. The van der Waals surface area contributed by atoms with E-state index in [0.717, 1.165) is 6.42 Å². The van der Waals surface area contributed by atoms with Crippen molar-refractivity contribution in [2.24, 2.45) is 0 Å². The molecule has 2 heteroatoms. The number of hydrogen-bond donors (Lipinski definition) is 0. The predicted molar refractivity (Wildman–Crippen MR) is 173 cm³/mol. The summed E-state index contributed by atoms with van der Waals surface area (Å²) in [4.78, 5) is 0. The van der Waals surface area contributed by atoms with Crippen molar-refractivity contribution in [2.45, 2.75) is 129 Å². The van der Waals surface area contributed by atoms with Crippen molar-refractivity contribution in [1.29, 1.82) is 0 Å². The van der Waals surface area contributed by atoms with Crippen LogP contribution in [0.2, 0.25) is 0 Å². The lowest BCUT2D eigenvalue weighted by Gasteiger charge is -2.20. The molecule has 1 atom stereocenters. The number of unbranched alkanes of at least 4 members (excludes halogenated alkanes) is 15. The molecule has 0 aliphatic rings. The van der Waals surface area contributed by atoms with Crippen molar-refractivity contribution in [3.05, 3.63) is 72.8 Å². The van der Waals surface area contributed by atoms with Gasteiger partial charge in [0.25, 0.3) is 0 Å². The standard InChI is InChI=1S/C36H57OP/c1-3-4-5-6-7-8-9-10-11-12-13-14-15-16-17-18-21-27-34(37-2)28-26-33-38(35-29-22-19-23-30-35)36-31-24-20-25-32-36/h19-25,27,29-32,34H,3-18,26,28,33H2,1-2H3/b27-21+. The van der Waals surface area contributed by atoms with E-state index in [0.29, 0.717) is 0 Å². The van der Waals surface area contributed by atoms with Crippen LogP contribution in [0.25, 0.3) is 0 Å². The zero-order valence-electron chi connectivity index (χ0n) is 24.8. The minimum atomic E-state index is -0.301. The first kappa shape index (κ1) is 32.8. The molecule has 1 nitrogen and oxygen atoms in total. The molecule has 0 N–H and O–H groups in total.